The first-order valence-corrected chi connectivity index (χ1v) is 3.55. The minimum atomic E-state index is -2.15. The van der Waals surface area contributed by atoms with Crippen LogP contribution in [0.15, 0.2) is 24.3 Å². The predicted molar refractivity (Wildman–Crippen MR) is 45.9 cm³/mol. The molecule has 13 heavy (non-hydrogen) atoms. The third-order valence-electron chi connectivity index (χ3n) is 2.07. The first kappa shape index (κ1) is 11.3. The van der Waals surface area contributed by atoms with Crippen LogP contribution in [0.4, 0.5) is 4.39 Å². The number of rotatable bonds is 0. The predicted octanol–water partition coefficient (Wildman–Crippen LogP) is -0.555. The number of carbonyl (C=O) groups excluding carboxylic acids is 2. The van der Waals surface area contributed by atoms with E-state index in [0.29, 0.717) is 0 Å². The van der Waals surface area contributed by atoms with E-state index in [1.807, 2.05) is 5.32 Å². The molecule has 2 amide bonds. The Hall–Kier alpha value is 0.186. The van der Waals surface area contributed by atoms with Crippen LogP contribution < -0.4 is 5.32 Å². The van der Waals surface area contributed by atoms with Gasteiger partial charge in [0.05, 0.1) is 0 Å². The number of halogens is 1. The van der Waals surface area contributed by atoms with E-state index in [4.69, 9.17) is 0 Å². The number of alkyl halides is 1. The minimum absolute atomic E-state index is 0. The zero-order chi connectivity index (χ0) is 8.77. The third kappa shape index (κ3) is 1.59. The molecule has 0 radical (unpaired) electrons. The van der Waals surface area contributed by atoms with Crippen LogP contribution >= 0.6 is 0 Å². The van der Waals surface area contributed by atoms with Crippen LogP contribution in [0.2, 0.25) is 0 Å². The Bertz CT molecular complexity index is 326. The average molecular weight is 207 g/mol. The first-order chi connectivity index (χ1) is 5.64. The molecule has 0 spiro atoms. The summed E-state index contributed by atoms with van der Waals surface area (Å²) >= 11 is 0. The monoisotopic (exact) mass is 207 g/mol. The van der Waals surface area contributed by atoms with Crippen molar-refractivity contribution in [3.05, 3.63) is 24.3 Å². The van der Waals surface area contributed by atoms with E-state index >= 15 is 0 Å². The number of nitrogens with one attached hydrogen (secondary N) is 1. The second-order valence-electron chi connectivity index (χ2n) is 2.81. The van der Waals surface area contributed by atoms with Gasteiger partial charge in [-0.3, -0.25) is 14.9 Å². The molecule has 1 aliphatic heterocycles. The molecule has 0 bridgehead atoms. The Balaban J connectivity index is 0.000000845. The van der Waals surface area contributed by atoms with Gasteiger partial charge in [0.15, 0.2) is 0 Å². The van der Waals surface area contributed by atoms with Crippen molar-refractivity contribution in [3.63, 3.8) is 0 Å². The molecule has 0 aromatic rings. The molecule has 2 unspecified atom stereocenters. The van der Waals surface area contributed by atoms with Gasteiger partial charge in [-0.15, -0.1) is 0 Å². The number of hydrogen-bond donors (Lipinski definition) is 1. The summed E-state index contributed by atoms with van der Waals surface area (Å²) in [6.07, 6.45) is 5.48. The van der Waals surface area contributed by atoms with Crippen molar-refractivity contribution < 1.29 is 14.0 Å². The molecule has 1 aliphatic carbocycles. The van der Waals surface area contributed by atoms with Crippen LogP contribution in [0, 0.1) is 5.92 Å². The molecular formula is C8H7FKNO2. The Morgan fingerprint density at radius 2 is 2.08 bits per heavy atom. The fourth-order valence-corrected chi connectivity index (χ4v) is 1.40. The Kier molecular flexibility index (Phi) is 3.24. The molecule has 1 heterocycles. The SMILES string of the molecule is O=C1NC(=O)C2(F)C=CC=CC12.[KH]. The van der Waals surface area contributed by atoms with Gasteiger partial charge in [0.1, 0.15) is 5.92 Å². The summed E-state index contributed by atoms with van der Waals surface area (Å²) in [6.45, 7) is 0. The number of fused-ring (bicyclic) bond motifs is 1. The van der Waals surface area contributed by atoms with E-state index in [0.717, 1.165) is 6.08 Å². The summed E-state index contributed by atoms with van der Waals surface area (Å²) < 4.78 is 13.6. The summed E-state index contributed by atoms with van der Waals surface area (Å²) in [5.41, 5.74) is -2.15. The van der Waals surface area contributed by atoms with Crippen LogP contribution in [-0.2, 0) is 9.59 Å². The summed E-state index contributed by atoms with van der Waals surface area (Å²) in [6, 6.07) is 0. The summed E-state index contributed by atoms with van der Waals surface area (Å²) in [5, 5.41) is 1.94. The van der Waals surface area contributed by atoms with Gasteiger partial charge in [-0.25, -0.2) is 4.39 Å². The van der Waals surface area contributed by atoms with Gasteiger partial charge < -0.3 is 0 Å². The van der Waals surface area contributed by atoms with Crippen molar-refractivity contribution in [2.75, 3.05) is 0 Å². The number of allylic oxidation sites excluding steroid dienone is 2. The van der Waals surface area contributed by atoms with Gasteiger partial charge in [-0.2, -0.15) is 0 Å². The van der Waals surface area contributed by atoms with Gasteiger partial charge >= 0.3 is 51.4 Å². The normalized spacial score (nSPS) is 35.3. The second kappa shape index (κ2) is 3.74. The maximum absolute atomic E-state index is 13.6. The van der Waals surface area contributed by atoms with Gasteiger partial charge in [0.25, 0.3) is 5.91 Å². The van der Waals surface area contributed by atoms with E-state index in [2.05, 4.69) is 0 Å². The molecular weight excluding hydrogens is 200 g/mol. The molecule has 0 aromatic heterocycles. The summed E-state index contributed by atoms with van der Waals surface area (Å²) in [5.74, 6) is -2.41. The van der Waals surface area contributed by atoms with Crippen molar-refractivity contribution in [1.29, 1.82) is 0 Å². The number of carbonyl (C=O) groups is 2. The van der Waals surface area contributed by atoms with Crippen LogP contribution in [-0.4, -0.2) is 68.9 Å². The molecule has 2 rings (SSSR count). The number of hydrogen-bond acceptors (Lipinski definition) is 2. The maximum atomic E-state index is 13.6. The van der Waals surface area contributed by atoms with Crippen LogP contribution in [0.3, 0.4) is 0 Å². The fraction of sp³-hybridized carbons (Fsp3) is 0.250. The van der Waals surface area contributed by atoms with Crippen LogP contribution in [0.1, 0.15) is 0 Å². The Labute approximate surface area is 117 Å². The van der Waals surface area contributed by atoms with Crippen molar-refractivity contribution in [1.82, 2.24) is 5.32 Å². The Morgan fingerprint density at radius 1 is 1.38 bits per heavy atom. The molecule has 5 heteroatoms. The van der Waals surface area contributed by atoms with Crippen molar-refractivity contribution in [3.8, 4) is 0 Å². The average Bonchev–Trinajstić information content (AvgIpc) is 2.25. The van der Waals surface area contributed by atoms with Crippen LogP contribution in [0.25, 0.3) is 0 Å². The molecule has 2 aliphatic rings. The first-order valence-electron chi connectivity index (χ1n) is 3.55. The van der Waals surface area contributed by atoms with Gasteiger partial charge in [-0.05, 0) is 6.08 Å². The fourth-order valence-electron chi connectivity index (χ4n) is 1.40. The quantitative estimate of drug-likeness (QED) is 0.428. The van der Waals surface area contributed by atoms with Crippen LogP contribution in [0.5, 0.6) is 0 Å². The summed E-state index contributed by atoms with van der Waals surface area (Å²) in [4.78, 5) is 21.9. The topological polar surface area (TPSA) is 46.2 Å². The van der Waals surface area contributed by atoms with Crippen molar-refractivity contribution in [2.45, 2.75) is 5.67 Å². The van der Waals surface area contributed by atoms with Gasteiger partial charge in [-0.1, -0.05) is 18.2 Å². The zero-order valence-corrected chi connectivity index (χ0v) is 6.08. The molecule has 3 nitrogen and oxygen atoms in total. The molecule has 2 atom stereocenters. The van der Waals surface area contributed by atoms with E-state index in [-0.39, 0.29) is 51.4 Å². The third-order valence-corrected chi connectivity index (χ3v) is 2.07. The Morgan fingerprint density at radius 3 is 2.69 bits per heavy atom. The van der Waals surface area contributed by atoms with E-state index in [1.165, 1.54) is 12.2 Å². The molecule has 64 valence electrons. The standard InChI is InChI=1S/C8H6FNO2.K.H/c9-8-4-2-1-3-5(8)6(11)10-7(8)12;;/h1-5H,(H,10,11,12);;. The second-order valence-corrected chi connectivity index (χ2v) is 2.81. The van der Waals surface area contributed by atoms with Gasteiger partial charge in [0.2, 0.25) is 11.6 Å². The van der Waals surface area contributed by atoms with Crippen molar-refractivity contribution in [2.24, 2.45) is 5.92 Å². The van der Waals surface area contributed by atoms with E-state index < -0.39 is 23.4 Å². The molecule has 0 aromatic carbocycles. The molecule has 1 saturated heterocycles. The number of imide groups is 1. The number of amides is 2. The van der Waals surface area contributed by atoms with E-state index in [9.17, 15) is 14.0 Å². The molecule has 0 saturated carbocycles. The molecule has 1 N–H and O–H groups in total. The van der Waals surface area contributed by atoms with Crippen molar-refractivity contribution >= 4 is 63.2 Å². The zero-order valence-electron chi connectivity index (χ0n) is 6.08. The molecule has 1 fully saturated rings. The van der Waals surface area contributed by atoms with Gasteiger partial charge in [0, 0.05) is 0 Å². The summed E-state index contributed by atoms with van der Waals surface area (Å²) in [7, 11) is 0. The van der Waals surface area contributed by atoms with E-state index in [1.54, 1.807) is 6.08 Å².